The lowest BCUT2D eigenvalue weighted by Gasteiger charge is -2.14. The minimum Gasteiger partial charge on any atom is -0.507 e. The Morgan fingerprint density at radius 3 is 2.59 bits per heavy atom. The summed E-state index contributed by atoms with van der Waals surface area (Å²) in [4.78, 5) is 12.6. The van der Waals surface area contributed by atoms with Crippen molar-refractivity contribution in [1.82, 2.24) is 14.8 Å². The molecular formula is C25H20BrN5O2S. The van der Waals surface area contributed by atoms with E-state index in [9.17, 15) is 9.90 Å². The highest BCUT2D eigenvalue weighted by atomic mass is 79.9. The summed E-state index contributed by atoms with van der Waals surface area (Å²) in [5, 5.41) is 31.5. The molecule has 7 nitrogen and oxygen atoms in total. The van der Waals surface area contributed by atoms with Crippen LogP contribution < -0.4 is 5.32 Å². The maximum atomic E-state index is 12.6. The second-order valence-electron chi connectivity index (χ2n) is 7.62. The van der Waals surface area contributed by atoms with Gasteiger partial charge in [-0.3, -0.25) is 9.36 Å². The van der Waals surface area contributed by atoms with Crippen LogP contribution in [0.25, 0.3) is 17.1 Å². The van der Waals surface area contributed by atoms with E-state index >= 15 is 0 Å². The van der Waals surface area contributed by atoms with Crippen LogP contribution in [0.5, 0.6) is 5.75 Å². The summed E-state index contributed by atoms with van der Waals surface area (Å²) in [5.74, 6) is 0.447. The van der Waals surface area contributed by atoms with Gasteiger partial charge in [0, 0.05) is 10.2 Å². The second-order valence-corrected chi connectivity index (χ2v) is 9.48. The molecule has 3 aromatic carbocycles. The zero-order chi connectivity index (χ0) is 24.2. The first-order valence-electron chi connectivity index (χ1n) is 10.3. The molecule has 0 unspecified atom stereocenters. The van der Waals surface area contributed by atoms with E-state index in [0.29, 0.717) is 27.8 Å². The van der Waals surface area contributed by atoms with Crippen LogP contribution >= 0.6 is 27.7 Å². The minimum absolute atomic E-state index is 0.0803. The van der Waals surface area contributed by atoms with Gasteiger partial charge in [-0.05, 0) is 67.9 Å². The van der Waals surface area contributed by atoms with E-state index in [1.165, 1.54) is 11.8 Å². The molecule has 0 saturated heterocycles. The number of anilines is 1. The Balaban J connectivity index is 1.65. The lowest BCUT2D eigenvalue weighted by atomic mass is 10.1. The standard InChI is InChI=1S/C25H20BrN5O2S/c1-15-3-9-21(16(2)11-15)31-24(20-12-18(26)6-10-22(20)32)29-30-25(31)34-14-23(33)28-19-7-4-17(13-27)5-8-19/h3-12,32H,14H2,1-2H3,(H,28,33). The Kier molecular flexibility index (Phi) is 7.01. The number of benzene rings is 3. The first-order chi connectivity index (χ1) is 16.4. The molecule has 1 aromatic heterocycles. The first-order valence-corrected chi connectivity index (χ1v) is 12.1. The second kappa shape index (κ2) is 10.1. The Morgan fingerprint density at radius 1 is 1.12 bits per heavy atom. The molecule has 170 valence electrons. The number of nitrogens with one attached hydrogen (secondary N) is 1. The predicted molar refractivity (Wildman–Crippen MR) is 136 cm³/mol. The molecule has 0 spiro atoms. The number of phenols is 1. The number of rotatable bonds is 6. The number of amides is 1. The van der Waals surface area contributed by atoms with Crippen molar-refractivity contribution in [3.63, 3.8) is 0 Å². The van der Waals surface area contributed by atoms with Crippen molar-refractivity contribution in [2.24, 2.45) is 0 Å². The zero-order valence-electron chi connectivity index (χ0n) is 18.4. The van der Waals surface area contributed by atoms with E-state index in [1.807, 2.05) is 30.5 Å². The number of nitriles is 1. The zero-order valence-corrected chi connectivity index (χ0v) is 20.8. The molecule has 34 heavy (non-hydrogen) atoms. The summed E-state index contributed by atoms with van der Waals surface area (Å²) >= 11 is 4.70. The van der Waals surface area contributed by atoms with Gasteiger partial charge in [0.2, 0.25) is 5.91 Å². The quantitative estimate of drug-likeness (QED) is 0.311. The van der Waals surface area contributed by atoms with Gasteiger partial charge in [-0.25, -0.2) is 0 Å². The molecule has 0 aliphatic heterocycles. The Bertz CT molecular complexity index is 1410. The number of aromatic nitrogens is 3. The van der Waals surface area contributed by atoms with Gasteiger partial charge in [-0.15, -0.1) is 10.2 Å². The van der Waals surface area contributed by atoms with Gasteiger partial charge in [0.05, 0.1) is 28.6 Å². The maximum absolute atomic E-state index is 12.6. The molecule has 4 aromatic rings. The topological polar surface area (TPSA) is 104 Å². The number of halogens is 1. The SMILES string of the molecule is Cc1ccc(-n2c(SCC(=O)Nc3ccc(C#N)cc3)nnc2-c2cc(Br)ccc2O)c(C)c1. The third-order valence-corrected chi connectivity index (χ3v) is 6.48. The predicted octanol–water partition coefficient (Wildman–Crippen LogP) is 5.62. The molecule has 1 amide bonds. The van der Waals surface area contributed by atoms with Gasteiger partial charge < -0.3 is 10.4 Å². The normalized spacial score (nSPS) is 10.6. The molecule has 0 saturated carbocycles. The van der Waals surface area contributed by atoms with Gasteiger partial charge in [-0.2, -0.15) is 5.26 Å². The smallest absolute Gasteiger partial charge is 0.234 e. The third-order valence-electron chi connectivity index (χ3n) is 5.06. The monoisotopic (exact) mass is 533 g/mol. The molecule has 4 rings (SSSR count). The molecule has 0 fully saturated rings. The molecular weight excluding hydrogens is 514 g/mol. The number of hydrogen-bond donors (Lipinski definition) is 2. The van der Waals surface area contributed by atoms with E-state index in [2.05, 4.69) is 43.6 Å². The van der Waals surface area contributed by atoms with Crippen LogP contribution in [0.15, 0.2) is 70.3 Å². The highest BCUT2D eigenvalue weighted by Crippen LogP contribution is 2.35. The average molecular weight is 534 g/mol. The van der Waals surface area contributed by atoms with Crippen LogP contribution in [0, 0.1) is 25.2 Å². The van der Waals surface area contributed by atoms with E-state index < -0.39 is 0 Å². The summed E-state index contributed by atoms with van der Waals surface area (Å²) in [6.07, 6.45) is 0. The van der Waals surface area contributed by atoms with Crippen molar-refractivity contribution in [2.75, 3.05) is 11.1 Å². The molecule has 2 N–H and O–H groups in total. The molecule has 1 heterocycles. The van der Waals surface area contributed by atoms with Crippen LogP contribution in [0.3, 0.4) is 0 Å². The van der Waals surface area contributed by atoms with E-state index in [4.69, 9.17) is 5.26 Å². The van der Waals surface area contributed by atoms with Crippen molar-refractivity contribution in [1.29, 1.82) is 5.26 Å². The van der Waals surface area contributed by atoms with E-state index in [1.54, 1.807) is 42.5 Å². The summed E-state index contributed by atoms with van der Waals surface area (Å²) < 4.78 is 2.65. The summed E-state index contributed by atoms with van der Waals surface area (Å²) in [7, 11) is 0. The average Bonchev–Trinajstić information content (AvgIpc) is 3.23. The van der Waals surface area contributed by atoms with Crippen LogP contribution in [0.4, 0.5) is 5.69 Å². The summed E-state index contributed by atoms with van der Waals surface area (Å²) in [5.41, 5.74) is 4.66. The van der Waals surface area contributed by atoms with Crippen molar-refractivity contribution in [3.05, 3.63) is 81.8 Å². The lowest BCUT2D eigenvalue weighted by molar-refractivity contribution is -0.113. The fourth-order valence-electron chi connectivity index (χ4n) is 3.45. The number of aryl methyl sites for hydroxylation is 2. The number of carbonyl (C=O) groups excluding carboxylic acids is 1. The highest BCUT2D eigenvalue weighted by molar-refractivity contribution is 9.10. The molecule has 0 aliphatic carbocycles. The largest absolute Gasteiger partial charge is 0.507 e. The van der Waals surface area contributed by atoms with Gasteiger partial charge in [0.1, 0.15) is 5.75 Å². The Hall–Kier alpha value is -3.61. The summed E-state index contributed by atoms with van der Waals surface area (Å²) in [6, 6.07) is 19.9. The van der Waals surface area contributed by atoms with Crippen LogP contribution in [0.1, 0.15) is 16.7 Å². The lowest BCUT2D eigenvalue weighted by Crippen LogP contribution is -2.14. The Morgan fingerprint density at radius 2 is 1.88 bits per heavy atom. The van der Waals surface area contributed by atoms with Gasteiger partial charge in [0.25, 0.3) is 0 Å². The van der Waals surface area contributed by atoms with E-state index in [-0.39, 0.29) is 17.4 Å². The number of aromatic hydroxyl groups is 1. The highest BCUT2D eigenvalue weighted by Gasteiger charge is 2.21. The first kappa shape index (κ1) is 23.5. The van der Waals surface area contributed by atoms with Gasteiger partial charge >= 0.3 is 0 Å². The van der Waals surface area contributed by atoms with Crippen molar-refractivity contribution in [2.45, 2.75) is 19.0 Å². The van der Waals surface area contributed by atoms with Crippen LogP contribution in [-0.2, 0) is 4.79 Å². The molecule has 0 bridgehead atoms. The van der Waals surface area contributed by atoms with Gasteiger partial charge in [0.15, 0.2) is 11.0 Å². The van der Waals surface area contributed by atoms with Crippen LogP contribution in [0.2, 0.25) is 0 Å². The molecule has 0 atom stereocenters. The molecule has 0 radical (unpaired) electrons. The van der Waals surface area contributed by atoms with Crippen molar-refractivity contribution in [3.8, 4) is 28.9 Å². The number of hydrogen-bond acceptors (Lipinski definition) is 6. The number of carbonyl (C=O) groups is 1. The fraction of sp³-hybridized carbons (Fsp3) is 0.120. The number of thioether (sulfide) groups is 1. The van der Waals surface area contributed by atoms with Crippen LogP contribution in [-0.4, -0.2) is 31.5 Å². The number of phenolic OH excluding ortho intramolecular Hbond substituents is 1. The van der Waals surface area contributed by atoms with Crippen molar-refractivity contribution < 1.29 is 9.90 Å². The number of nitrogens with zero attached hydrogens (tertiary/aromatic N) is 4. The Labute approximate surface area is 209 Å². The van der Waals surface area contributed by atoms with Gasteiger partial charge in [-0.1, -0.05) is 45.4 Å². The molecule has 9 heteroatoms. The minimum atomic E-state index is -0.211. The molecule has 0 aliphatic rings. The third kappa shape index (κ3) is 5.14. The van der Waals surface area contributed by atoms with E-state index in [0.717, 1.165) is 21.3 Å². The maximum Gasteiger partial charge on any atom is 0.234 e. The summed E-state index contributed by atoms with van der Waals surface area (Å²) in [6.45, 7) is 4.02. The fourth-order valence-corrected chi connectivity index (χ4v) is 4.56. The van der Waals surface area contributed by atoms with Crippen molar-refractivity contribution >= 4 is 39.3 Å².